The molecule has 1 aliphatic rings. The van der Waals surface area contributed by atoms with E-state index in [1.807, 2.05) is 26.8 Å². The maximum Gasteiger partial charge on any atom is 0.162 e. The van der Waals surface area contributed by atoms with Crippen LogP contribution in [0.5, 0.6) is 0 Å². The topological polar surface area (TPSA) is 38.4 Å². The molecule has 0 heterocycles. The van der Waals surface area contributed by atoms with Crippen LogP contribution >= 0.6 is 15.9 Å². The van der Waals surface area contributed by atoms with Crippen molar-refractivity contribution < 1.29 is 4.39 Å². The van der Waals surface area contributed by atoms with Gasteiger partial charge in [0.2, 0.25) is 0 Å². The van der Waals surface area contributed by atoms with Gasteiger partial charge in [0.05, 0.1) is 15.9 Å². The summed E-state index contributed by atoms with van der Waals surface area (Å²) in [6.45, 7) is 5.93. The Bertz CT molecular complexity index is 405. The largest absolute Gasteiger partial charge is 0.396 e. The molecular formula is C12H16BrFN2. The van der Waals surface area contributed by atoms with E-state index in [4.69, 9.17) is 5.73 Å². The molecule has 0 saturated heterocycles. The molecule has 16 heavy (non-hydrogen) atoms. The predicted molar refractivity (Wildman–Crippen MR) is 70.3 cm³/mol. The fraction of sp³-hybridized carbons (Fsp3) is 0.417. The lowest BCUT2D eigenvalue weighted by Crippen LogP contribution is -2.15. The Kier molecular flexibility index (Phi) is 4.47. The van der Waals surface area contributed by atoms with Crippen LogP contribution in [0.25, 0.3) is 0 Å². The molecule has 2 N–H and O–H groups in total. The van der Waals surface area contributed by atoms with Gasteiger partial charge >= 0.3 is 0 Å². The first-order chi connectivity index (χ1) is 7.51. The van der Waals surface area contributed by atoms with Gasteiger partial charge in [0.25, 0.3) is 0 Å². The summed E-state index contributed by atoms with van der Waals surface area (Å²) in [7, 11) is 0. The van der Waals surface area contributed by atoms with Gasteiger partial charge in [-0.15, -0.1) is 0 Å². The van der Waals surface area contributed by atoms with Gasteiger partial charge in [0.15, 0.2) is 5.83 Å². The van der Waals surface area contributed by atoms with Gasteiger partial charge in [-0.05, 0) is 47.8 Å². The molecule has 0 spiro atoms. The number of rotatable bonds is 2. The smallest absolute Gasteiger partial charge is 0.162 e. The number of nitrogens with zero attached hydrogens (tertiary/aromatic N) is 1. The average Bonchev–Trinajstić information content (AvgIpc) is 2.29. The second kappa shape index (κ2) is 5.43. The number of allylic oxidation sites excluding steroid dienone is 5. The number of hydrogen-bond acceptors (Lipinski definition) is 2. The monoisotopic (exact) mass is 286 g/mol. The van der Waals surface area contributed by atoms with E-state index in [0.717, 1.165) is 12.0 Å². The summed E-state index contributed by atoms with van der Waals surface area (Å²) >= 11 is 3.21. The Balaban J connectivity index is 3.23. The second-order valence-electron chi connectivity index (χ2n) is 3.71. The van der Waals surface area contributed by atoms with Crippen LogP contribution in [0.15, 0.2) is 38.7 Å². The molecule has 1 atom stereocenters. The number of hydrogen-bond donors (Lipinski definition) is 1. The third-order valence-electron chi connectivity index (χ3n) is 2.49. The van der Waals surface area contributed by atoms with Crippen molar-refractivity contribution in [3.05, 3.63) is 33.7 Å². The predicted octanol–water partition coefficient (Wildman–Crippen LogP) is 3.60. The molecule has 0 amide bonds. The van der Waals surface area contributed by atoms with Gasteiger partial charge in [-0.3, -0.25) is 4.99 Å². The quantitative estimate of drug-likeness (QED) is 0.828. The molecule has 0 radical (unpaired) electrons. The van der Waals surface area contributed by atoms with Crippen LogP contribution in [-0.4, -0.2) is 11.8 Å². The number of halogens is 2. The molecule has 0 aromatic rings. The molecule has 1 unspecified atom stereocenters. The standard InChI is InChI=1S/C12H16BrFN2/c1-4-7(3)16-12-8(5-2)6-9(15)11(14)10(12)13/h5-7H,4,15H2,1-3H3/b8-5-,16-12?. The van der Waals surface area contributed by atoms with Crippen molar-refractivity contribution in [3.8, 4) is 0 Å². The molecule has 1 rings (SSSR count). The zero-order valence-electron chi connectivity index (χ0n) is 9.72. The normalized spacial score (nSPS) is 23.9. The van der Waals surface area contributed by atoms with Crippen LogP contribution in [0.2, 0.25) is 0 Å². The lowest BCUT2D eigenvalue weighted by Gasteiger charge is -2.16. The summed E-state index contributed by atoms with van der Waals surface area (Å²) in [5.74, 6) is -0.437. The van der Waals surface area contributed by atoms with E-state index in [-0.39, 0.29) is 11.7 Å². The lowest BCUT2D eigenvalue weighted by atomic mass is 10.0. The Morgan fingerprint density at radius 2 is 2.25 bits per heavy atom. The van der Waals surface area contributed by atoms with Crippen molar-refractivity contribution in [2.75, 3.05) is 0 Å². The van der Waals surface area contributed by atoms with E-state index in [2.05, 4.69) is 20.9 Å². The van der Waals surface area contributed by atoms with Crippen LogP contribution in [-0.2, 0) is 0 Å². The molecule has 0 saturated carbocycles. The third kappa shape index (κ3) is 2.61. The highest BCUT2D eigenvalue weighted by Gasteiger charge is 2.21. The van der Waals surface area contributed by atoms with E-state index in [1.54, 1.807) is 6.08 Å². The Morgan fingerprint density at radius 3 is 2.75 bits per heavy atom. The minimum absolute atomic E-state index is 0.142. The van der Waals surface area contributed by atoms with Crippen molar-refractivity contribution in [3.63, 3.8) is 0 Å². The zero-order valence-corrected chi connectivity index (χ0v) is 11.3. The highest BCUT2D eigenvalue weighted by Crippen LogP contribution is 2.29. The first kappa shape index (κ1) is 13.2. The molecule has 0 fully saturated rings. The second-order valence-corrected chi connectivity index (χ2v) is 4.50. The van der Waals surface area contributed by atoms with Crippen LogP contribution in [0, 0.1) is 0 Å². The summed E-state index contributed by atoms with van der Waals surface area (Å²) in [6, 6.07) is 0.165. The summed E-state index contributed by atoms with van der Waals surface area (Å²) in [6.07, 6.45) is 4.41. The third-order valence-corrected chi connectivity index (χ3v) is 3.21. The fourth-order valence-corrected chi connectivity index (χ4v) is 1.88. The summed E-state index contributed by atoms with van der Waals surface area (Å²) in [4.78, 5) is 4.48. The molecule has 88 valence electrons. The SMILES string of the molecule is C/C=C1/C=C(N)C(F)=C(Br)C1=NC(C)CC. The van der Waals surface area contributed by atoms with E-state index in [9.17, 15) is 4.39 Å². The average molecular weight is 287 g/mol. The van der Waals surface area contributed by atoms with Gasteiger partial charge in [-0.1, -0.05) is 13.0 Å². The van der Waals surface area contributed by atoms with Crippen molar-refractivity contribution in [2.24, 2.45) is 10.7 Å². The van der Waals surface area contributed by atoms with Crippen LogP contribution in [0.4, 0.5) is 4.39 Å². The minimum atomic E-state index is -0.437. The van der Waals surface area contributed by atoms with Crippen molar-refractivity contribution in [2.45, 2.75) is 33.2 Å². The van der Waals surface area contributed by atoms with Crippen molar-refractivity contribution >= 4 is 21.6 Å². The summed E-state index contributed by atoms with van der Waals surface area (Å²) in [5, 5.41) is 0. The van der Waals surface area contributed by atoms with Crippen molar-refractivity contribution in [1.29, 1.82) is 0 Å². The number of aliphatic imine (C=N–C) groups is 1. The molecule has 0 aromatic carbocycles. The van der Waals surface area contributed by atoms with Gasteiger partial charge in [0, 0.05) is 6.04 Å². The maximum atomic E-state index is 13.6. The van der Waals surface area contributed by atoms with E-state index in [0.29, 0.717) is 10.2 Å². The van der Waals surface area contributed by atoms with Gasteiger partial charge in [-0.2, -0.15) is 0 Å². The molecule has 2 nitrogen and oxygen atoms in total. The van der Waals surface area contributed by atoms with Gasteiger partial charge < -0.3 is 5.73 Å². The van der Waals surface area contributed by atoms with Crippen LogP contribution < -0.4 is 5.73 Å². The van der Waals surface area contributed by atoms with Gasteiger partial charge in [-0.25, -0.2) is 4.39 Å². The Hall–Kier alpha value is -0.900. The van der Waals surface area contributed by atoms with Crippen molar-refractivity contribution in [1.82, 2.24) is 0 Å². The molecular weight excluding hydrogens is 271 g/mol. The van der Waals surface area contributed by atoms with Crippen LogP contribution in [0.3, 0.4) is 0 Å². The highest BCUT2D eigenvalue weighted by atomic mass is 79.9. The fourth-order valence-electron chi connectivity index (χ4n) is 1.32. The summed E-state index contributed by atoms with van der Waals surface area (Å²) in [5.41, 5.74) is 7.20. The Labute approximate surface area is 104 Å². The van der Waals surface area contributed by atoms with Gasteiger partial charge in [0.1, 0.15) is 0 Å². The molecule has 1 aliphatic carbocycles. The highest BCUT2D eigenvalue weighted by molar-refractivity contribution is 9.12. The first-order valence-electron chi connectivity index (χ1n) is 5.28. The summed E-state index contributed by atoms with van der Waals surface area (Å²) < 4.78 is 14.0. The molecule has 0 aliphatic heterocycles. The van der Waals surface area contributed by atoms with E-state index in [1.165, 1.54) is 0 Å². The van der Waals surface area contributed by atoms with E-state index >= 15 is 0 Å². The molecule has 4 heteroatoms. The van der Waals surface area contributed by atoms with E-state index < -0.39 is 5.83 Å². The maximum absolute atomic E-state index is 13.6. The van der Waals surface area contributed by atoms with Crippen LogP contribution in [0.1, 0.15) is 27.2 Å². The lowest BCUT2D eigenvalue weighted by molar-refractivity contribution is 0.646. The molecule has 0 bridgehead atoms. The zero-order chi connectivity index (χ0) is 12.3. The molecule has 0 aromatic heterocycles. The first-order valence-corrected chi connectivity index (χ1v) is 6.08. The number of nitrogens with two attached hydrogens (primary N) is 1. The minimum Gasteiger partial charge on any atom is -0.396 e. The Morgan fingerprint density at radius 1 is 1.62 bits per heavy atom.